The molecule has 3 aliphatic rings. The maximum absolute atomic E-state index is 15.0. The summed E-state index contributed by atoms with van der Waals surface area (Å²) in [6, 6.07) is 8.64. The third-order valence-corrected chi connectivity index (χ3v) is 7.16. The molecule has 3 amide bonds. The quantitative estimate of drug-likeness (QED) is 0.625. The second-order valence-electron chi connectivity index (χ2n) is 10.1. The highest BCUT2D eigenvalue weighted by atomic mass is 19.3. The zero-order valence-corrected chi connectivity index (χ0v) is 19.1. The van der Waals surface area contributed by atoms with Gasteiger partial charge in [-0.2, -0.15) is 5.26 Å². The molecule has 1 aromatic rings. The summed E-state index contributed by atoms with van der Waals surface area (Å²) in [6.07, 6.45) is 1.65. The summed E-state index contributed by atoms with van der Waals surface area (Å²) in [4.78, 5) is 29.7. The van der Waals surface area contributed by atoms with Gasteiger partial charge >= 0.3 is 6.03 Å². The van der Waals surface area contributed by atoms with Crippen molar-refractivity contribution in [3.63, 3.8) is 0 Å². The number of alkyl halides is 2. The maximum atomic E-state index is 15.0. The first-order chi connectivity index (χ1) is 15.6. The van der Waals surface area contributed by atoms with E-state index in [0.717, 1.165) is 12.8 Å². The van der Waals surface area contributed by atoms with Gasteiger partial charge in [0.1, 0.15) is 11.6 Å². The highest BCUT2D eigenvalue weighted by Crippen LogP contribution is 2.54. The normalized spacial score (nSPS) is 23.2. The van der Waals surface area contributed by atoms with Crippen LogP contribution in [0.5, 0.6) is 0 Å². The molecule has 2 atom stereocenters. The van der Waals surface area contributed by atoms with Gasteiger partial charge in [0.05, 0.1) is 6.07 Å². The molecule has 0 aromatic heterocycles. The number of nitriles is 1. The third kappa shape index (κ3) is 5.27. The number of rotatable bonds is 8. The largest absolute Gasteiger partial charge is 0.336 e. The lowest BCUT2D eigenvalue weighted by Gasteiger charge is -2.27. The van der Waals surface area contributed by atoms with Crippen LogP contribution in [0.15, 0.2) is 30.3 Å². The van der Waals surface area contributed by atoms with Crippen LogP contribution in [-0.2, 0) is 11.2 Å². The SMILES string of the molecule is CN(C)C1CN(C(=O)N[C@@H](CC(F)(F)Cc2ccccc2)C(=O)NC2(C#N)CC2)CC12CC2. The number of nitrogens with one attached hydrogen (secondary N) is 2. The smallest absolute Gasteiger partial charge is 0.318 e. The molecular weight excluding hydrogens is 428 g/mol. The number of hydrogen-bond acceptors (Lipinski definition) is 4. The van der Waals surface area contributed by atoms with E-state index in [1.807, 2.05) is 20.2 Å². The molecule has 2 saturated carbocycles. The summed E-state index contributed by atoms with van der Waals surface area (Å²) >= 11 is 0. The first kappa shape index (κ1) is 23.4. The van der Waals surface area contributed by atoms with Gasteiger partial charge in [0.2, 0.25) is 5.91 Å². The summed E-state index contributed by atoms with van der Waals surface area (Å²) in [6.45, 7) is 1.05. The van der Waals surface area contributed by atoms with Gasteiger partial charge in [-0.15, -0.1) is 0 Å². The minimum absolute atomic E-state index is 0.0642. The van der Waals surface area contributed by atoms with E-state index in [0.29, 0.717) is 31.5 Å². The Morgan fingerprint density at radius 2 is 1.91 bits per heavy atom. The summed E-state index contributed by atoms with van der Waals surface area (Å²) in [5.41, 5.74) is -0.488. The molecule has 33 heavy (non-hydrogen) atoms. The van der Waals surface area contributed by atoms with Crippen LogP contribution < -0.4 is 10.6 Å². The van der Waals surface area contributed by atoms with Crippen LogP contribution in [0, 0.1) is 16.7 Å². The molecule has 3 fully saturated rings. The number of carbonyl (C=O) groups is 2. The van der Waals surface area contributed by atoms with E-state index in [1.54, 1.807) is 35.2 Å². The van der Waals surface area contributed by atoms with Crippen molar-refractivity contribution in [3.05, 3.63) is 35.9 Å². The Bertz CT molecular complexity index is 938. The molecule has 1 unspecified atom stereocenters. The molecule has 1 aromatic carbocycles. The number of nitrogens with zero attached hydrogens (tertiary/aromatic N) is 3. The van der Waals surface area contributed by atoms with Crippen molar-refractivity contribution in [2.75, 3.05) is 27.2 Å². The summed E-state index contributed by atoms with van der Waals surface area (Å²) in [5.74, 6) is -3.95. The van der Waals surface area contributed by atoms with E-state index in [2.05, 4.69) is 15.5 Å². The van der Waals surface area contributed by atoms with Gasteiger partial charge in [-0.3, -0.25) is 4.79 Å². The van der Waals surface area contributed by atoms with Gasteiger partial charge in [-0.05, 0) is 45.3 Å². The van der Waals surface area contributed by atoms with E-state index in [-0.39, 0.29) is 11.5 Å². The van der Waals surface area contributed by atoms with Crippen molar-refractivity contribution in [1.29, 1.82) is 5.26 Å². The highest BCUT2D eigenvalue weighted by Gasteiger charge is 2.57. The number of likely N-dealkylation sites (tertiary alicyclic amines) is 1. The first-order valence-electron chi connectivity index (χ1n) is 11.4. The number of amides is 3. The van der Waals surface area contributed by atoms with Gasteiger partial charge in [-0.25, -0.2) is 13.6 Å². The Morgan fingerprint density at radius 3 is 2.42 bits per heavy atom. The first-order valence-corrected chi connectivity index (χ1v) is 11.4. The number of hydrogen-bond donors (Lipinski definition) is 2. The minimum Gasteiger partial charge on any atom is -0.336 e. The zero-order valence-electron chi connectivity index (χ0n) is 19.1. The molecule has 1 spiro atoms. The number of carbonyl (C=O) groups excluding carboxylic acids is 2. The van der Waals surface area contributed by atoms with Crippen LogP contribution in [0.4, 0.5) is 13.6 Å². The molecule has 4 rings (SSSR count). The standard InChI is InChI=1S/C24H31F2N5O2/c1-30(2)19-14-31(16-22(19)8-9-22)21(33)28-18(20(32)29-23(15-27)10-11-23)13-24(25,26)12-17-6-4-3-5-7-17/h3-7,18-19H,8-14,16H2,1-2H3,(H,28,33)(H,29,32)/t18-,19?/m0/s1. The van der Waals surface area contributed by atoms with Crippen molar-refractivity contribution in [3.8, 4) is 6.07 Å². The molecule has 7 nitrogen and oxygen atoms in total. The Balaban J connectivity index is 1.46. The van der Waals surface area contributed by atoms with Crippen molar-refractivity contribution in [2.45, 2.75) is 62.1 Å². The van der Waals surface area contributed by atoms with Crippen LogP contribution in [0.25, 0.3) is 0 Å². The summed E-state index contributed by atoms with van der Waals surface area (Å²) < 4.78 is 29.9. The van der Waals surface area contributed by atoms with Crippen LogP contribution in [0.3, 0.4) is 0 Å². The molecule has 178 valence electrons. The van der Waals surface area contributed by atoms with E-state index in [9.17, 15) is 23.6 Å². The Hall–Kier alpha value is -2.73. The monoisotopic (exact) mass is 459 g/mol. The Kier molecular flexibility index (Phi) is 6.08. The molecule has 0 bridgehead atoms. The van der Waals surface area contributed by atoms with E-state index in [4.69, 9.17) is 0 Å². The average molecular weight is 460 g/mol. The summed E-state index contributed by atoms with van der Waals surface area (Å²) in [5, 5.41) is 14.4. The topological polar surface area (TPSA) is 88.5 Å². The van der Waals surface area contributed by atoms with Crippen molar-refractivity contribution >= 4 is 11.9 Å². The third-order valence-electron chi connectivity index (χ3n) is 7.16. The summed E-state index contributed by atoms with van der Waals surface area (Å²) in [7, 11) is 3.95. The number of likely N-dealkylation sites (N-methyl/N-ethyl adjacent to an activating group) is 1. The van der Waals surface area contributed by atoms with E-state index >= 15 is 0 Å². The van der Waals surface area contributed by atoms with Crippen molar-refractivity contribution in [2.24, 2.45) is 5.41 Å². The van der Waals surface area contributed by atoms with Crippen molar-refractivity contribution < 1.29 is 18.4 Å². The van der Waals surface area contributed by atoms with E-state index in [1.165, 1.54) is 0 Å². The second kappa shape index (κ2) is 8.56. The lowest BCUT2D eigenvalue weighted by molar-refractivity contribution is -0.126. The van der Waals surface area contributed by atoms with Gasteiger partial charge < -0.3 is 20.4 Å². The fraction of sp³-hybridized carbons (Fsp3) is 0.625. The van der Waals surface area contributed by atoms with Crippen LogP contribution >= 0.6 is 0 Å². The molecular formula is C24H31F2N5O2. The molecule has 1 aliphatic heterocycles. The van der Waals surface area contributed by atoms with Gasteiger partial charge in [0.15, 0.2) is 0 Å². The maximum Gasteiger partial charge on any atom is 0.318 e. The van der Waals surface area contributed by atoms with Gasteiger partial charge in [0, 0.05) is 37.4 Å². The van der Waals surface area contributed by atoms with Crippen LogP contribution in [0.2, 0.25) is 0 Å². The van der Waals surface area contributed by atoms with Gasteiger partial charge in [0.25, 0.3) is 5.92 Å². The molecule has 1 heterocycles. The second-order valence-corrected chi connectivity index (χ2v) is 10.1. The predicted octanol–water partition coefficient (Wildman–Crippen LogP) is 2.53. The van der Waals surface area contributed by atoms with E-state index < -0.39 is 42.3 Å². The van der Waals surface area contributed by atoms with Gasteiger partial charge in [-0.1, -0.05) is 30.3 Å². The lowest BCUT2D eigenvalue weighted by atomic mass is 10.00. The Labute approximate surface area is 193 Å². The average Bonchev–Trinajstić information content (AvgIpc) is 3.65. The van der Waals surface area contributed by atoms with Crippen LogP contribution in [0.1, 0.15) is 37.7 Å². The Morgan fingerprint density at radius 1 is 1.24 bits per heavy atom. The number of benzene rings is 1. The number of halogens is 2. The lowest BCUT2D eigenvalue weighted by Crippen LogP contribution is -2.55. The zero-order chi connectivity index (χ0) is 23.9. The molecule has 0 radical (unpaired) electrons. The molecule has 2 aliphatic carbocycles. The number of urea groups is 1. The minimum atomic E-state index is -3.21. The molecule has 1 saturated heterocycles. The fourth-order valence-electron chi connectivity index (χ4n) is 4.90. The predicted molar refractivity (Wildman–Crippen MR) is 118 cm³/mol. The highest BCUT2D eigenvalue weighted by molar-refractivity contribution is 5.88. The fourth-order valence-corrected chi connectivity index (χ4v) is 4.90. The molecule has 2 N–H and O–H groups in total. The van der Waals surface area contributed by atoms with Crippen molar-refractivity contribution in [1.82, 2.24) is 20.4 Å². The van der Waals surface area contributed by atoms with Crippen LogP contribution in [-0.4, -0.2) is 72.5 Å². The molecule has 9 heteroatoms.